The average Bonchev–Trinajstić information content (AvgIpc) is 2.50. The van der Waals surface area contributed by atoms with Crippen molar-refractivity contribution in [2.75, 3.05) is 19.6 Å². The van der Waals surface area contributed by atoms with Crippen LogP contribution in [0, 0.1) is 5.41 Å². The molecule has 1 rings (SSSR count). The SMILES string of the molecule is CC(C)(C)CC(CN)N1CCCC1. The van der Waals surface area contributed by atoms with E-state index in [0.717, 1.165) is 6.54 Å². The van der Waals surface area contributed by atoms with Gasteiger partial charge in [0, 0.05) is 12.6 Å². The zero-order valence-corrected chi connectivity index (χ0v) is 9.34. The lowest BCUT2D eigenvalue weighted by Gasteiger charge is -2.32. The first-order chi connectivity index (χ1) is 6.03. The van der Waals surface area contributed by atoms with Gasteiger partial charge in [0.25, 0.3) is 0 Å². The predicted octanol–water partition coefficient (Wildman–Crippen LogP) is 1.85. The number of nitrogens with two attached hydrogens (primary N) is 1. The molecule has 1 aliphatic heterocycles. The second-order valence-corrected chi connectivity index (χ2v) is 5.40. The van der Waals surface area contributed by atoms with Crippen molar-refractivity contribution in [2.24, 2.45) is 11.1 Å². The molecule has 13 heavy (non-hydrogen) atoms. The van der Waals surface area contributed by atoms with Crippen molar-refractivity contribution in [1.82, 2.24) is 4.90 Å². The first-order valence-corrected chi connectivity index (χ1v) is 5.47. The minimum absolute atomic E-state index is 0.409. The van der Waals surface area contributed by atoms with E-state index in [4.69, 9.17) is 5.73 Å². The molecule has 78 valence electrons. The van der Waals surface area contributed by atoms with Crippen LogP contribution in [-0.2, 0) is 0 Å². The largest absolute Gasteiger partial charge is 0.329 e. The fraction of sp³-hybridized carbons (Fsp3) is 1.00. The Morgan fingerprint density at radius 1 is 1.23 bits per heavy atom. The van der Waals surface area contributed by atoms with Crippen LogP contribution in [0.25, 0.3) is 0 Å². The van der Waals surface area contributed by atoms with Gasteiger partial charge in [-0.2, -0.15) is 0 Å². The van der Waals surface area contributed by atoms with Gasteiger partial charge in [0.15, 0.2) is 0 Å². The van der Waals surface area contributed by atoms with Gasteiger partial charge in [-0.05, 0) is 37.8 Å². The fourth-order valence-electron chi connectivity index (χ4n) is 2.18. The van der Waals surface area contributed by atoms with Gasteiger partial charge in [-0.1, -0.05) is 20.8 Å². The van der Waals surface area contributed by atoms with Crippen LogP contribution in [-0.4, -0.2) is 30.6 Å². The van der Waals surface area contributed by atoms with Crippen molar-refractivity contribution in [3.05, 3.63) is 0 Å². The van der Waals surface area contributed by atoms with E-state index in [9.17, 15) is 0 Å². The highest BCUT2D eigenvalue weighted by Crippen LogP contribution is 2.25. The number of likely N-dealkylation sites (tertiary alicyclic amines) is 1. The number of rotatable bonds is 3. The van der Waals surface area contributed by atoms with E-state index in [0.29, 0.717) is 11.5 Å². The molecule has 0 spiro atoms. The summed E-state index contributed by atoms with van der Waals surface area (Å²) in [6.45, 7) is 10.2. The summed E-state index contributed by atoms with van der Waals surface area (Å²) in [5, 5.41) is 0. The van der Waals surface area contributed by atoms with Crippen LogP contribution in [0.4, 0.5) is 0 Å². The van der Waals surface area contributed by atoms with Crippen molar-refractivity contribution in [3.8, 4) is 0 Å². The Hall–Kier alpha value is -0.0800. The first kappa shape index (κ1) is 11.0. The van der Waals surface area contributed by atoms with Gasteiger partial charge in [0.2, 0.25) is 0 Å². The maximum atomic E-state index is 5.82. The second kappa shape index (κ2) is 4.43. The van der Waals surface area contributed by atoms with Gasteiger partial charge in [-0.3, -0.25) is 4.90 Å². The molecular weight excluding hydrogens is 160 g/mol. The molecule has 1 fully saturated rings. The quantitative estimate of drug-likeness (QED) is 0.725. The molecule has 1 atom stereocenters. The van der Waals surface area contributed by atoms with E-state index in [1.54, 1.807) is 0 Å². The third-order valence-corrected chi connectivity index (χ3v) is 2.78. The monoisotopic (exact) mass is 184 g/mol. The molecule has 0 aromatic heterocycles. The van der Waals surface area contributed by atoms with E-state index in [2.05, 4.69) is 25.7 Å². The Kier molecular flexibility index (Phi) is 3.74. The zero-order chi connectivity index (χ0) is 9.90. The molecule has 0 aromatic carbocycles. The van der Waals surface area contributed by atoms with Gasteiger partial charge >= 0.3 is 0 Å². The predicted molar refractivity (Wildman–Crippen MR) is 57.7 cm³/mol. The van der Waals surface area contributed by atoms with Crippen molar-refractivity contribution >= 4 is 0 Å². The Balaban J connectivity index is 2.42. The molecule has 0 aliphatic carbocycles. The number of hydrogen-bond acceptors (Lipinski definition) is 2. The molecule has 0 radical (unpaired) electrons. The third kappa shape index (κ3) is 3.65. The van der Waals surface area contributed by atoms with Crippen LogP contribution in [0.2, 0.25) is 0 Å². The standard InChI is InChI=1S/C11H24N2/c1-11(2,3)8-10(9-12)13-6-4-5-7-13/h10H,4-9,12H2,1-3H3. The summed E-state index contributed by atoms with van der Waals surface area (Å²) in [5.41, 5.74) is 6.23. The Morgan fingerprint density at radius 3 is 2.15 bits per heavy atom. The molecule has 1 unspecified atom stereocenters. The smallest absolute Gasteiger partial charge is 0.0223 e. The van der Waals surface area contributed by atoms with E-state index < -0.39 is 0 Å². The molecule has 2 nitrogen and oxygen atoms in total. The highest BCUT2D eigenvalue weighted by Gasteiger charge is 2.24. The van der Waals surface area contributed by atoms with E-state index >= 15 is 0 Å². The van der Waals surface area contributed by atoms with E-state index in [1.807, 2.05) is 0 Å². The summed E-state index contributed by atoms with van der Waals surface area (Å²) >= 11 is 0. The Labute approximate surface area is 82.5 Å². The lowest BCUT2D eigenvalue weighted by atomic mass is 9.87. The summed E-state index contributed by atoms with van der Waals surface area (Å²) in [6, 6.07) is 0.613. The van der Waals surface area contributed by atoms with Crippen molar-refractivity contribution in [2.45, 2.75) is 46.1 Å². The van der Waals surface area contributed by atoms with Gasteiger partial charge in [0.05, 0.1) is 0 Å². The minimum atomic E-state index is 0.409. The van der Waals surface area contributed by atoms with Gasteiger partial charge < -0.3 is 5.73 Å². The van der Waals surface area contributed by atoms with Crippen molar-refractivity contribution in [3.63, 3.8) is 0 Å². The molecule has 2 heteroatoms. The van der Waals surface area contributed by atoms with Gasteiger partial charge in [0.1, 0.15) is 0 Å². The Morgan fingerprint density at radius 2 is 1.77 bits per heavy atom. The molecular formula is C11H24N2. The fourth-order valence-corrected chi connectivity index (χ4v) is 2.18. The zero-order valence-electron chi connectivity index (χ0n) is 9.34. The van der Waals surface area contributed by atoms with Crippen LogP contribution in [0.5, 0.6) is 0 Å². The summed E-state index contributed by atoms with van der Waals surface area (Å²) in [6.07, 6.45) is 3.95. The van der Waals surface area contributed by atoms with E-state index in [-0.39, 0.29) is 0 Å². The maximum Gasteiger partial charge on any atom is 0.0223 e. The summed E-state index contributed by atoms with van der Waals surface area (Å²) in [5.74, 6) is 0. The van der Waals surface area contributed by atoms with E-state index in [1.165, 1.54) is 32.4 Å². The highest BCUT2D eigenvalue weighted by molar-refractivity contribution is 4.81. The normalized spacial score (nSPS) is 22.2. The molecule has 1 heterocycles. The lowest BCUT2D eigenvalue weighted by molar-refractivity contribution is 0.183. The molecule has 0 saturated carbocycles. The van der Waals surface area contributed by atoms with Crippen LogP contribution in [0.3, 0.4) is 0 Å². The average molecular weight is 184 g/mol. The molecule has 1 saturated heterocycles. The molecule has 0 bridgehead atoms. The first-order valence-electron chi connectivity index (χ1n) is 5.47. The maximum absolute atomic E-state index is 5.82. The van der Waals surface area contributed by atoms with Gasteiger partial charge in [-0.25, -0.2) is 0 Å². The number of hydrogen-bond donors (Lipinski definition) is 1. The van der Waals surface area contributed by atoms with Crippen LogP contribution >= 0.6 is 0 Å². The topological polar surface area (TPSA) is 29.3 Å². The van der Waals surface area contributed by atoms with Crippen molar-refractivity contribution < 1.29 is 0 Å². The summed E-state index contributed by atoms with van der Waals surface area (Å²) in [7, 11) is 0. The van der Waals surface area contributed by atoms with Gasteiger partial charge in [-0.15, -0.1) is 0 Å². The molecule has 0 aromatic rings. The molecule has 0 amide bonds. The second-order valence-electron chi connectivity index (χ2n) is 5.40. The van der Waals surface area contributed by atoms with Crippen LogP contribution < -0.4 is 5.73 Å². The van der Waals surface area contributed by atoms with Crippen LogP contribution in [0.15, 0.2) is 0 Å². The molecule has 1 aliphatic rings. The van der Waals surface area contributed by atoms with Crippen molar-refractivity contribution in [1.29, 1.82) is 0 Å². The third-order valence-electron chi connectivity index (χ3n) is 2.78. The summed E-state index contributed by atoms with van der Waals surface area (Å²) < 4.78 is 0. The number of nitrogens with zero attached hydrogens (tertiary/aromatic N) is 1. The highest BCUT2D eigenvalue weighted by atomic mass is 15.2. The minimum Gasteiger partial charge on any atom is -0.329 e. The summed E-state index contributed by atoms with van der Waals surface area (Å²) in [4.78, 5) is 2.56. The lowest BCUT2D eigenvalue weighted by Crippen LogP contribution is -2.41. The Bertz CT molecular complexity index is 143. The molecule has 2 N–H and O–H groups in total. The van der Waals surface area contributed by atoms with Crippen LogP contribution in [0.1, 0.15) is 40.0 Å².